The normalized spacial score (nSPS) is 12.0. The second-order valence-corrected chi connectivity index (χ2v) is 8.12. The number of nitrogens with zero attached hydrogens (tertiary/aromatic N) is 3. The lowest BCUT2D eigenvalue weighted by molar-refractivity contribution is -0.137. The van der Waals surface area contributed by atoms with Crippen LogP contribution in [-0.4, -0.2) is 40.7 Å². The first-order valence-electron chi connectivity index (χ1n) is 10.9. The van der Waals surface area contributed by atoms with Crippen molar-refractivity contribution in [3.63, 3.8) is 0 Å². The van der Waals surface area contributed by atoms with Crippen LogP contribution in [-0.2, 0) is 11.3 Å². The standard InChI is InChI=1S/C25H31N3O4/c1-7-30-20-11-9-19(10-12-20)24-26-23(32-27-24)15-28(6)25(29)18(5)31-22-14-17(4)8-13-21(22)16(2)3/h8-14,16,18H,7,15H2,1-6H3. The molecule has 0 radical (unpaired) electrons. The van der Waals surface area contributed by atoms with Gasteiger partial charge in [0.15, 0.2) is 6.10 Å². The average Bonchev–Trinajstić information content (AvgIpc) is 3.22. The Morgan fingerprint density at radius 1 is 1.12 bits per heavy atom. The second kappa shape index (κ2) is 10.3. The third-order valence-corrected chi connectivity index (χ3v) is 5.08. The Labute approximate surface area is 189 Å². The van der Waals surface area contributed by atoms with Crippen molar-refractivity contribution in [1.29, 1.82) is 0 Å². The van der Waals surface area contributed by atoms with E-state index in [-0.39, 0.29) is 12.5 Å². The van der Waals surface area contributed by atoms with Crippen molar-refractivity contribution in [2.75, 3.05) is 13.7 Å². The Kier molecular flexibility index (Phi) is 7.51. The SMILES string of the molecule is CCOc1ccc(-c2noc(CN(C)C(=O)C(C)Oc3cc(C)ccc3C(C)C)n2)cc1. The van der Waals surface area contributed by atoms with Crippen LogP contribution in [0.4, 0.5) is 0 Å². The van der Waals surface area contributed by atoms with Crippen molar-refractivity contribution in [3.8, 4) is 22.9 Å². The van der Waals surface area contributed by atoms with Gasteiger partial charge >= 0.3 is 0 Å². The molecule has 1 aromatic heterocycles. The molecule has 1 unspecified atom stereocenters. The molecule has 170 valence electrons. The topological polar surface area (TPSA) is 77.7 Å². The third-order valence-electron chi connectivity index (χ3n) is 5.08. The Morgan fingerprint density at radius 3 is 2.50 bits per heavy atom. The summed E-state index contributed by atoms with van der Waals surface area (Å²) >= 11 is 0. The Bertz CT molecular complexity index is 1040. The summed E-state index contributed by atoms with van der Waals surface area (Å²) in [5, 5.41) is 4.03. The fourth-order valence-corrected chi connectivity index (χ4v) is 3.36. The molecule has 3 aromatic rings. The second-order valence-electron chi connectivity index (χ2n) is 8.12. The molecule has 1 atom stereocenters. The van der Waals surface area contributed by atoms with E-state index in [2.05, 4.69) is 36.1 Å². The van der Waals surface area contributed by atoms with E-state index in [1.54, 1.807) is 14.0 Å². The highest BCUT2D eigenvalue weighted by atomic mass is 16.5. The van der Waals surface area contributed by atoms with Crippen LogP contribution in [0, 0.1) is 6.92 Å². The molecule has 1 amide bonds. The van der Waals surface area contributed by atoms with E-state index in [0.717, 1.165) is 28.2 Å². The third kappa shape index (κ3) is 5.66. The highest BCUT2D eigenvalue weighted by Crippen LogP contribution is 2.28. The van der Waals surface area contributed by atoms with Gasteiger partial charge in [0.1, 0.15) is 11.5 Å². The summed E-state index contributed by atoms with van der Waals surface area (Å²) in [5.74, 6) is 2.48. The number of hydrogen-bond donors (Lipinski definition) is 0. The molecule has 0 saturated heterocycles. The number of ether oxygens (including phenoxy) is 2. The molecular formula is C25H31N3O4. The van der Waals surface area contributed by atoms with Crippen molar-refractivity contribution in [1.82, 2.24) is 15.0 Å². The number of rotatable bonds is 9. The number of likely N-dealkylation sites (N-methyl/N-ethyl adjacent to an activating group) is 1. The van der Waals surface area contributed by atoms with Crippen LogP contribution in [0.2, 0.25) is 0 Å². The molecule has 0 aliphatic heterocycles. The first-order valence-corrected chi connectivity index (χ1v) is 10.9. The van der Waals surface area contributed by atoms with Crippen molar-refractivity contribution >= 4 is 5.91 Å². The summed E-state index contributed by atoms with van der Waals surface area (Å²) in [5.41, 5.74) is 2.98. The average molecular weight is 438 g/mol. The zero-order valence-electron chi connectivity index (χ0n) is 19.6. The van der Waals surface area contributed by atoms with E-state index in [1.807, 2.05) is 44.2 Å². The monoisotopic (exact) mass is 437 g/mol. The van der Waals surface area contributed by atoms with E-state index in [9.17, 15) is 4.79 Å². The van der Waals surface area contributed by atoms with Crippen LogP contribution in [0.1, 0.15) is 50.6 Å². The number of benzene rings is 2. The molecule has 0 fully saturated rings. The Morgan fingerprint density at radius 2 is 1.84 bits per heavy atom. The van der Waals surface area contributed by atoms with Gasteiger partial charge in [0, 0.05) is 12.6 Å². The zero-order chi connectivity index (χ0) is 23.3. The van der Waals surface area contributed by atoms with Crippen LogP contribution in [0.15, 0.2) is 47.0 Å². The van der Waals surface area contributed by atoms with Crippen molar-refractivity contribution in [2.24, 2.45) is 0 Å². The molecule has 0 bridgehead atoms. The van der Waals surface area contributed by atoms with Gasteiger partial charge in [-0.2, -0.15) is 4.98 Å². The lowest BCUT2D eigenvalue weighted by Gasteiger charge is -2.23. The minimum absolute atomic E-state index is 0.165. The van der Waals surface area contributed by atoms with Gasteiger partial charge in [-0.05, 0) is 68.1 Å². The van der Waals surface area contributed by atoms with Crippen LogP contribution in [0.25, 0.3) is 11.4 Å². The number of aromatic nitrogens is 2. The van der Waals surface area contributed by atoms with E-state index >= 15 is 0 Å². The largest absolute Gasteiger partial charge is 0.494 e. The highest BCUT2D eigenvalue weighted by Gasteiger charge is 2.23. The first-order chi connectivity index (χ1) is 15.3. The van der Waals surface area contributed by atoms with Crippen LogP contribution in [0.3, 0.4) is 0 Å². The zero-order valence-corrected chi connectivity index (χ0v) is 19.6. The maximum absolute atomic E-state index is 12.9. The quantitative estimate of drug-likeness (QED) is 0.469. The van der Waals surface area contributed by atoms with Gasteiger partial charge in [-0.15, -0.1) is 0 Å². The summed E-state index contributed by atoms with van der Waals surface area (Å²) in [6, 6.07) is 13.5. The predicted octanol–water partition coefficient (Wildman–Crippen LogP) is 4.99. The highest BCUT2D eigenvalue weighted by molar-refractivity contribution is 5.80. The van der Waals surface area contributed by atoms with Gasteiger partial charge in [0.2, 0.25) is 11.7 Å². The fraction of sp³-hybridized carbons (Fsp3) is 0.400. The van der Waals surface area contributed by atoms with Crippen molar-refractivity contribution in [2.45, 2.75) is 53.2 Å². The molecular weight excluding hydrogens is 406 g/mol. The summed E-state index contributed by atoms with van der Waals surface area (Å²) in [4.78, 5) is 18.8. The van der Waals surface area contributed by atoms with Gasteiger partial charge < -0.3 is 18.9 Å². The number of amides is 1. The van der Waals surface area contributed by atoms with Gasteiger partial charge in [-0.1, -0.05) is 31.1 Å². The molecule has 0 saturated carbocycles. The van der Waals surface area contributed by atoms with Crippen LogP contribution < -0.4 is 9.47 Å². The van der Waals surface area contributed by atoms with Crippen molar-refractivity contribution in [3.05, 3.63) is 59.5 Å². The van der Waals surface area contributed by atoms with Gasteiger partial charge in [0.05, 0.1) is 13.2 Å². The van der Waals surface area contributed by atoms with Gasteiger partial charge in [0.25, 0.3) is 5.91 Å². The molecule has 32 heavy (non-hydrogen) atoms. The Hall–Kier alpha value is -3.35. The van der Waals surface area contributed by atoms with Crippen LogP contribution >= 0.6 is 0 Å². The summed E-state index contributed by atoms with van der Waals surface area (Å²) in [7, 11) is 1.70. The lowest BCUT2D eigenvalue weighted by Crippen LogP contribution is -2.37. The number of carbonyl (C=O) groups excluding carboxylic acids is 1. The smallest absolute Gasteiger partial charge is 0.263 e. The summed E-state index contributed by atoms with van der Waals surface area (Å²) in [6.45, 7) is 10.7. The lowest BCUT2D eigenvalue weighted by atomic mass is 10.0. The molecule has 0 spiro atoms. The molecule has 0 aliphatic rings. The molecule has 1 heterocycles. The molecule has 0 aliphatic carbocycles. The summed E-state index contributed by atoms with van der Waals surface area (Å²) in [6.07, 6.45) is -0.646. The van der Waals surface area contributed by atoms with Gasteiger partial charge in [-0.3, -0.25) is 4.79 Å². The van der Waals surface area contributed by atoms with Crippen molar-refractivity contribution < 1.29 is 18.8 Å². The number of hydrogen-bond acceptors (Lipinski definition) is 6. The fourth-order valence-electron chi connectivity index (χ4n) is 3.36. The molecule has 7 nitrogen and oxygen atoms in total. The minimum atomic E-state index is -0.646. The molecule has 3 rings (SSSR count). The molecule has 0 N–H and O–H groups in total. The predicted molar refractivity (Wildman–Crippen MR) is 123 cm³/mol. The Balaban J connectivity index is 1.64. The maximum Gasteiger partial charge on any atom is 0.263 e. The van der Waals surface area contributed by atoms with Gasteiger partial charge in [-0.25, -0.2) is 0 Å². The summed E-state index contributed by atoms with van der Waals surface area (Å²) < 4.78 is 16.9. The minimum Gasteiger partial charge on any atom is -0.494 e. The van der Waals surface area contributed by atoms with E-state index in [0.29, 0.717) is 24.2 Å². The molecule has 2 aromatic carbocycles. The molecule has 7 heteroatoms. The number of carbonyl (C=O) groups is 1. The van der Waals surface area contributed by atoms with E-state index in [1.165, 1.54) is 4.90 Å². The van der Waals surface area contributed by atoms with E-state index < -0.39 is 6.10 Å². The van der Waals surface area contributed by atoms with Crippen LogP contribution in [0.5, 0.6) is 11.5 Å². The number of aryl methyl sites for hydroxylation is 1. The first kappa shape index (κ1) is 23.3. The maximum atomic E-state index is 12.9. The van der Waals surface area contributed by atoms with E-state index in [4.69, 9.17) is 14.0 Å².